The molecule has 94 valence electrons. The van der Waals surface area contributed by atoms with Gasteiger partial charge in [-0.15, -0.1) is 0 Å². The van der Waals surface area contributed by atoms with Gasteiger partial charge in [-0.25, -0.2) is 0 Å². The van der Waals surface area contributed by atoms with Gasteiger partial charge in [0.15, 0.2) is 0 Å². The molecule has 9 heteroatoms. The summed E-state index contributed by atoms with van der Waals surface area (Å²) in [5.41, 5.74) is 0. The SMILES string of the molecule is CP(C)(C)(I)OC(C(F)(F)F)C(F)(F)F. The summed E-state index contributed by atoms with van der Waals surface area (Å²) in [7, 11) is 0. The van der Waals surface area contributed by atoms with Crippen molar-refractivity contribution < 1.29 is 30.9 Å². The Bertz CT molecular complexity index is 215. The van der Waals surface area contributed by atoms with E-state index >= 15 is 0 Å². The van der Waals surface area contributed by atoms with Crippen LogP contribution in [0.15, 0.2) is 0 Å². The fraction of sp³-hybridized carbons (Fsp3) is 1.00. The molecule has 0 heterocycles. The minimum atomic E-state index is -5.44. The van der Waals surface area contributed by atoms with E-state index in [1.807, 2.05) is 0 Å². The Balaban J connectivity index is 5.03. The summed E-state index contributed by atoms with van der Waals surface area (Å²) >= 11 is 1.51. The fourth-order valence-electron chi connectivity index (χ4n) is 0.661. The van der Waals surface area contributed by atoms with Crippen LogP contribution in [0.2, 0.25) is 0 Å². The van der Waals surface area contributed by atoms with E-state index in [0.717, 1.165) is 0 Å². The second-order valence-electron chi connectivity index (χ2n) is 4.03. The molecule has 0 aliphatic carbocycles. The van der Waals surface area contributed by atoms with Crippen LogP contribution in [0.3, 0.4) is 0 Å². The van der Waals surface area contributed by atoms with Crippen LogP contribution in [0, 0.1) is 0 Å². The summed E-state index contributed by atoms with van der Waals surface area (Å²) in [6.45, 7) is 3.78. The third-order valence-electron chi connectivity index (χ3n) is 1.06. The third-order valence-corrected chi connectivity index (χ3v) is 2.66. The van der Waals surface area contributed by atoms with E-state index in [0.29, 0.717) is 0 Å². The number of alkyl halides is 6. The molecule has 0 rings (SSSR count). The molecule has 0 saturated carbocycles. The van der Waals surface area contributed by atoms with Gasteiger partial charge in [-0.05, 0) is 0 Å². The van der Waals surface area contributed by atoms with E-state index in [9.17, 15) is 26.3 Å². The zero-order chi connectivity index (χ0) is 12.7. The first-order valence-electron chi connectivity index (χ1n) is 3.64. The minimum absolute atomic E-state index is 1.26. The maximum absolute atomic E-state index is 12.1. The normalized spacial score (nSPS) is 17.7. The first-order valence-corrected chi connectivity index (χ1v) is 9.92. The van der Waals surface area contributed by atoms with Crippen LogP contribution in [0.4, 0.5) is 26.3 Å². The van der Waals surface area contributed by atoms with Gasteiger partial charge in [-0.1, -0.05) is 0 Å². The molecule has 0 N–H and O–H groups in total. The van der Waals surface area contributed by atoms with E-state index in [2.05, 4.69) is 4.52 Å². The van der Waals surface area contributed by atoms with Crippen molar-refractivity contribution in [3.63, 3.8) is 0 Å². The number of hydrogen-bond donors (Lipinski definition) is 0. The predicted molar refractivity (Wildman–Crippen MR) is 55.7 cm³/mol. The van der Waals surface area contributed by atoms with E-state index in [1.54, 1.807) is 0 Å². The van der Waals surface area contributed by atoms with E-state index in [-0.39, 0.29) is 0 Å². The van der Waals surface area contributed by atoms with Crippen LogP contribution in [0.25, 0.3) is 0 Å². The van der Waals surface area contributed by atoms with E-state index in [4.69, 9.17) is 0 Å². The van der Waals surface area contributed by atoms with Crippen molar-refractivity contribution in [2.75, 3.05) is 20.0 Å². The molecule has 0 amide bonds. The number of rotatable bonds is 2. The summed E-state index contributed by atoms with van der Waals surface area (Å²) in [5.74, 6) is 0. The third kappa shape index (κ3) is 6.78. The fourth-order valence-corrected chi connectivity index (χ4v) is 2.29. The van der Waals surface area contributed by atoms with Gasteiger partial charge in [0.05, 0.1) is 0 Å². The molecule has 0 fully saturated rings. The molecular formula is C6H10F6IOP. The molecule has 0 aliphatic heterocycles. The van der Waals surface area contributed by atoms with Crippen molar-refractivity contribution in [2.45, 2.75) is 18.5 Å². The quantitative estimate of drug-likeness (QED) is 0.402. The van der Waals surface area contributed by atoms with Gasteiger partial charge >= 0.3 is 95.8 Å². The first-order chi connectivity index (χ1) is 6.09. The van der Waals surface area contributed by atoms with E-state index < -0.39 is 22.9 Å². The molecular weight excluding hydrogens is 360 g/mol. The zero-order valence-electron chi connectivity index (χ0n) is 8.08. The predicted octanol–water partition coefficient (Wildman–Crippen LogP) is 4.20. The molecule has 0 aromatic heterocycles. The Morgan fingerprint density at radius 1 is 0.933 bits per heavy atom. The van der Waals surface area contributed by atoms with Gasteiger partial charge in [-0.3, -0.25) is 0 Å². The first kappa shape index (κ1) is 15.7. The van der Waals surface area contributed by atoms with Gasteiger partial charge < -0.3 is 0 Å². The maximum atomic E-state index is 12.1. The Morgan fingerprint density at radius 2 is 1.20 bits per heavy atom. The van der Waals surface area contributed by atoms with Crippen LogP contribution >= 0.6 is 26.5 Å². The second kappa shape index (κ2) is 3.87. The average molecular weight is 370 g/mol. The van der Waals surface area contributed by atoms with Crippen LogP contribution in [0.1, 0.15) is 0 Å². The Labute approximate surface area is 96.0 Å². The van der Waals surface area contributed by atoms with Crippen molar-refractivity contribution in [3.05, 3.63) is 0 Å². The van der Waals surface area contributed by atoms with Gasteiger partial charge in [0.2, 0.25) is 0 Å². The Morgan fingerprint density at radius 3 is 1.27 bits per heavy atom. The van der Waals surface area contributed by atoms with Crippen molar-refractivity contribution in [2.24, 2.45) is 0 Å². The van der Waals surface area contributed by atoms with Gasteiger partial charge in [-0.2, -0.15) is 0 Å². The topological polar surface area (TPSA) is 9.23 Å². The van der Waals surface area contributed by atoms with Crippen molar-refractivity contribution in [3.8, 4) is 0 Å². The summed E-state index contributed by atoms with van der Waals surface area (Å²) in [5, 5.41) is 0. The van der Waals surface area contributed by atoms with Crippen molar-refractivity contribution in [1.29, 1.82) is 0 Å². The van der Waals surface area contributed by atoms with Crippen LogP contribution in [-0.4, -0.2) is 38.5 Å². The standard InChI is InChI=1S/C6H10F6IOP/c1-15(2,3,13)14-4(5(7,8)9)6(10,11)12/h4H,1-3H3. The molecule has 0 aromatic rings. The molecule has 0 aliphatic rings. The molecule has 0 radical (unpaired) electrons. The van der Waals surface area contributed by atoms with E-state index in [1.165, 1.54) is 42.0 Å². The van der Waals surface area contributed by atoms with Gasteiger partial charge in [0.25, 0.3) is 0 Å². The summed E-state index contributed by atoms with van der Waals surface area (Å²) in [6, 6.07) is 0. The second-order valence-corrected chi connectivity index (χ2v) is 19.0. The summed E-state index contributed by atoms with van der Waals surface area (Å²) in [6.07, 6.45) is -14.6. The summed E-state index contributed by atoms with van der Waals surface area (Å²) in [4.78, 5) is 0. The molecule has 15 heavy (non-hydrogen) atoms. The van der Waals surface area contributed by atoms with Crippen molar-refractivity contribution >= 4 is 26.5 Å². The van der Waals surface area contributed by atoms with Crippen molar-refractivity contribution in [1.82, 2.24) is 0 Å². The molecule has 1 nitrogen and oxygen atoms in total. The Hall–Kier alpha value is 0.700. The van der Waals surface area contributed by atoms with Gasteiger partial charge in [0, 0.05) is 0 Å². The average Bonchev–Trinajstić information content (AvgIpc) is 1.73. The molecule has 0 atom stereocenters. The monoisotopic (exact) mass is 370 g/mol. The molecule has 0 spiro atoms. The molecule has 0 saturated heterocycles. The molecule has 0 unspecified atom stereocenters. The van der Waals surface area contributed by atoms with Crippen LogP contribution in [0.5, 0.6) is 0 Å². The summed E-state index contributed by atoms with van der Waals surface area (Å²) < 4.78 is 73.4. The molecule has 0 aromatic carbocycles. The van der Waals surface area contributed by atoms with Crippen LogP contribution < -0.4 is 0 Å². The number of halogens is 7. The van der Waals surface area contributed by atoms with Crippen LogP contribution in [-0.2, 0) is 4.52 Å². The number of hydrogen-bond acceptors (Lipinski definition) is 1. The Kier molecular flexibility index (Phi) is 4.05. The zero-order valence-corrected chi connectivity index (χ0v) is 11.1. The van der Waals surface area contributed by atoms with Gasteiger partial charge in [0.1, 0.15) is 0 Å². The molecule has 0 bridgehead atoms.